The number of methoxy groups -OCH3 is 2. The van der Waals surface area contributed by atoms with E-state index in [1.165, 1.54) is 0 Å². The molecule has 0 saturated heterocycles. The second-order valence-corrected chi connectivity index (χ2v) is 5.79. The summed E-state index contributed by atoms with van der Waals surface area (Å²) in [5.74, 6) is 1.77. The number of halogens is 1. The van der Waals surface area contributed by atoms with Crippen molar-refractivity contribution in [3.8, 4) is 11.5 Å². The maximum atomic E-state index is 6.59. The minimum absolute atomic E-state index is 0.196. The summed E-state index contributed by atoms with van der Waals surface area (Å²) in [5.41, 5.74) is 3.26. The first kappa shape index (κ1) is 14.2. The summed E-state index contributed by atoms with van der Waals surface area (Å²) in [4.78, 5) is 1.04. The first-order chi connectivity index (χ1) is 9.08. The Morgan fingerprint density at radius 1 is 1.11 bits per heavy atom. The van der Waals surface area contributed by atoms with Crippen molar-refractivity contribution in [2.45, 2.75) is 19.2 Å². The van der Waals surface area contributed by atoms with Crippen molar-refractivity contribution in [2.75, 3.05) is 14.2 Å². The van der Waals surface area contributed by atoms with Crippen molar-refractivity contribution in [1.82, 2.24) is 0 Å². The fourth-order valence-corrected chi connectivity index (χ4v) is 3.52. The van der Waals surface area contributed by atoms with Crippen LogP contribution in [0.1, 0.15) is 26.9 Å². The molecule has 1 heterocycles. The zero-order chi connectivity index (χ0) is 14.0. The van der Waals surface area contributed by atoms with E-state index in [0.29, 0.717) is 0 Å². The zero-order valence-electron chi connectivity index (χ0n) is 11.5. The van der Waals surface area contributed by atoms with E-state index in [1.54, 1.807) is 25.6 Å². The molecule has 1 unspecified atom stereocenters. The Morgan fingerprint density at radius 2 is 1.74 bits per heavy atom. The average Bonchev–Trinajstić information content (AvgIpc) is 2.85. The fourth-order valence-electron chi connectivity index (χ4n) is 2.27. The van der Waals surface area contributed by atoms with E-state index in [1.807, 2.05) is 25.3 Å². The molecule has 4 heteroatoms. The number of alkyl halides is 1. The van der Waals surface area contributed by atoms with Crippen LogP contribution in [0.3, 0.4) is 0 Å². The Hall–Kier alpha value is -1.19. The summed E-state index contributed by atoms with van der Waals surface area (Å²) in [7, 11) is 3.36. The minimum Gasteiger partial charge on any atom is -0.496 e. The van der Waals surface area contributed by atoms with E-state index in [9.17, 15) is 0 Å². The van der Waals surface area contributed by atoms with Crippen molar-refractivity contribution >= 4 is 22.9 Å². The molecule has 0 spiro atoms. The summed E-state index contributed by atoms with van der Waals surface area (Å²) >= 11 is 8.20. The average molecular weight is 297 g/mol. The third kappa shape index (κ3) is 2.72. The maximum Gasteiger partial charge on any atom is 0.134 e. The van der Waals surface area contributed by atoms with Gasteiger partial charge in [-0.25, -0.2) is 0 Å². The molecule has 0 aliphatic heterocycles. The van der Waals surface area contributed by atoms with Gasteiger partial charge in [0.2, 0.25) is 0 Å². The summed E-state index contributed by atoms with van der Waals surface area (Å²) in [6.45, 7) is 4.06. The minimum atomic E-state index is -0.196. The summed E-state index contributed by atoms with van der Waals surface area (Å²) < 4.78 is 10.7. The molecule has 2 aromatic rings. The molecule has 2 rings (SSSR count). The van der Waals surface area contributed by atoms with Gasteiger partial charge in [-0.3, -0.25) is 0 Å². The molecule has 0 amide bonds. The molecule has 0 aliphatic carbocycles. The lowest BCUT2D eigenvalue weighted by Crippen LogP contribution is -1.98. The quantitative estimate of drug-likeness (QED) is 0.761. The molecule has 19 heavy (non-hydrogen) atoms. The first-order valence-corrected chi connectivity index (χ1v) is 7.30. The molecule has 1 atom stereocenters. The van der Waals surface area contributed by atoms with E-state index in [4.69, 9.17) is 21.1 Å². The Bertz CT molecular complexity index is 554. The van der Waals surface area contributed by atoms with Crippen molar-refractivity contribution in [3.05, 3.63) is 45.1 Å². The molecule has 0 aliphatic rings. The van der Waals surface area contributed by atoms with E-state index in [0.717, 1.165) is 33.1 Å². The van der Waals surface area contributed by atoms with Gasteiger partial charge in [0.25, 0.3) is 0 Å². The predicted molar refractivity (Wildman–Crippen MR) is 81.0 cm³/mol. The summed E-state index contributed by atoms with van der Waals surface area (Å²) in [6, 6.07) is 6.09. The second kappa shape index (κ2) is 5.85. The first-order valence-electron chi connectivity index (χ1n) is 5.99. The van der Waals surface area contributed by atoms with Crippen molar-refractivity contribution < 1.29 is 9.47 Å². The van der Waals surface area contributed by atoms with E-state index >= 15 is 0 Å². The van der Waals surface area contributed by atoms with E-state index in [-0.39, 0.29) is 5.38 Å². The van der Waals surface area contributed by atoms with Gasteiger partial charge in [-0.1, -0.05) is 12.1 Å². The summed E-state index contributed by atoms with van der Waals surface area (Å²) in [6.07, 6.45) is 0. The number of aryl methyl sites for hydroxylation is 2. The van der Waals surface area contributed by atoms with Crippen molar-refractivity contribution in [2.24, 2.45) is 0 Å². The van der Waals surface area contributed by atoms with Crippen LogP contribution in [-0.2, 0) is 0 Å². The molecule has 2 nitrogen and oxygen atoms in total. The Balaban J connectivity index is 2.42. The third-order valence-electron chi connectivity index (χ3n) is 3.09. The van der Waals surface area contributed by atoms with Gasteiger partial charge in [0.1, 0.15) is 11.5 Å². The van der Waals surface area contributed by atoms with Crippen LogP contribution in [0, 0.1) is 13.8 Å². The highest BCUT2D eigenvalue weighted by Crippen LogP contribution is 2.40. The molecule has 0 bridgehead atoms. The van der Waals surface area contributed by atoms with Crippen LogP contribution in [0.25, 0.3) is 0 Å². The number of hydrogen-bond acceptors (Lipinski definition) is 3. The van der Waals surface area contributed by atoms with Gasteiger partial charge in [0, 0.05) is 0 Å². The monoisotopic (exact) mass is 296 g/mol. The smallest absolute Gasteiger partial charge is 0.134 e. The lowest BCUT2D eigenvalue weighted by molar-refractivity contribution is 0.408. The number of rotatable bonds is 4. The highest BCUT2D eigenvalue weighted by atomic mass is 35.5. The van der Waals surface area contributed by atoms with Gasteiger partial charge >= 0.3 is 0 Å². The number of ether oxygens (including phenoxy) is 2. The Labute approximate surface area is 122 Å². The largest absolute Gasteiger partial charge is 0.496 e. The molecule has 1 aromatic carbocycles. The topological polar surface area (TPSA) is 18.5 Å². The van der Waals surface area contributed by atoms with Crippen LogP contribution in [0.15, 0.2) is 23.6 Å². The van der Waals surface area contributed by atoms with Gasteiger partial charge in [-0.15, -0.1) is 22.9 Å². The summed E-state index contributed by atoms with van der Waals surface area (Å²) in [5, 5.41) is 1.80. The number of benzene rings is 1. The second-order valence-electron chi connectivity index (χ2n) is 4.40. The molecule has 0 radical (unpaired) electrons. The third-order valence-corrected chi connectivity index (χ3v) is 4.65. The van der Waals surface area contributed by atoms with Crippen LogP contribution in [0.5, 0.6) is 11.5 Å². The Kier molecular flexibility index (Phi) is 4.38. The molecule has 1 aromatic heterocycles. The highest BCUT2D eigenvalue weighted by Gasteiger charge is 2.19. The van der Waals surface area contributed by atoms with Crippen LogP contribution in [0.2, 0.25) is 0 Å². The molecule has 0 saturated carbocycles. The molecule has 102 valence electrons. The lowest BCUT2D eigenvalue weighted by atomic mass is 10.0. The van der Waals surface area contributed by atoms with Gasteiger partial charge < -0.3 is 9.47 Å². The van der Waals surface area contributed by atoms with E-state index in [2.05, 4.69) is 12.1 Å². The van der Waals surface area contributed by atoms with E-state index < -0.39 is 0 Å². The number of thiophene rings is 1. The van der Waals surface area contributed by atoms with Crippen LogP contribution >= 0.6 is 22.9 Å². The van der Waals surface area contributed by atoms with Crippen LogP contribution < -0.4 is 9.47 Å². The SMILES string of the molecule is COc1ccsc1C(Cl)c1cc(C)c(OC)c(C)c1. The standard InChI is InChI=1S/C15H17ClO2S/c1-9-7-11(8-10(2)14(9)18-4)13(16)15-12(17-3)5-6-19-15/h5-8,13H,1-4H3. The Morgan fingerprint density at radius 3 is 2.26 bits per heavy atom. The number of hydrogen-bond donors (Lipinski definition) is 0. The van der Waals surface area contributed by atoms with Gasteiger partial charge in [0.15, 0.2) is 0 Å². The highest BCUT2D eigenvalue weighted by molar-refractivity contribution is 7.10. The van der Waals surface area contributed by atoms with Gasteiger partial charge in [-0.2, -0.15) is 0 Å². The van der Waals surface area contributed by atoms with Gasteiger partial charge in [-0.05, 0) is 42.0 Å². The van der Waals surface area contributed by atoms with Gasteiger partial charge in [0.05, 0.1) is 24.5 Å². The van der Waals surface area contributed by atoms with Crippen LogP contribution in [0.4, 0.5) is 0 Å². The molecular formula is C15H17ClO2S. The molecule has 0 fully saturated rings. The molecule has 0 N–H and O–H groups in total. The van der Waals surface area contributed by atoms with Crippen molar-refractivity contribution in [3.63, 3.8) is 0 Å². The zero-order valence-corrected chi connectivity index (χ0v) is 13.1. The normalized spacial score (nSPS) is 12.3. The van der Waals surface area contributed by atoms with Crippen LogP contribution in [-0.4, -0.2) is 14.2 Å². The fraction of sp³-hybridized carbons (Fsp3) is 0.333. The maximum absolute atomic E-state index is 6.59. The van der Waals surface area contributed by atoms with Crippen molar-refractivity contribution in [1.29, 1.82) is 0 Å². The molecular weight excluding hydrogens is 280 g/mol. The lowest BCUT2D eigenvalue weighted by Gasteiger charge is -2.15. The predicted octanol–water partition coefficient (Wildman–Crippen LogP) is 4.71.